The summed E-state index contributed by atoms with van der Waals surface area (Å²) in [6.45, 7) is 4.10. The van der Waals surface area contributed by atoms with E-state index in [4.69, 9.17) is 12.2 Å². The van der Waals surface area contributed by atoms with Gasteiger partial charge < -0.3 is 15.3 Å². The van der Waals surface area contributed by atoms with Gasteiger partial charge in [0.2, 0.25) is 0 Å². The molecule has 1 heterocycles. The molecule has 0 radical (unpaired) electrons. The molecule has 0 aliphatic heterocycles. The molecule has 0 saturated carbocycles. The van der Waals surface area contributed by atoms with Gasteiger partial charge in [-0.15, -0.1) is 0 Å². The minimum Gasteiger partial charge on any atom is -0.350 e. The summed E-state index contributed by atoms with van der Waals surface area (Å²) in [4.78, 5) is 18.0. The minimum absolute atomic E-state index is 0.0595. The zero-order chi connectivity index (χ0) is 15.4. The summed E-state index contributed by atoms with van der Waals surface area (Å²) in [6, 6.07) is 2.61. The third kappa shape index (κ3) is 3.91. The van der Waals surface area contributed by atoms with Gasteiger partial charge in [-0.2, -0.15) is 0 Å². The summed E-state index contributed by atoms with van der Waals surface area (Å²) in [5.41, 5.74) is 1.32. The van der Waals surface area contributed by atoms with E-state index in [0.29, 0.717) is 15.8 Å². The number of imidazole rings is 1. The number of carbonyl (C=O) groups is 1. The number of carbonyl (C=O) groups excluding carboxylic acids is 1. The smallest absolute Gasteiger partial charge is 0.253 e. The number of hydrogen-bond donors (Lipinski definition) is 3. The van der Waals surface area contributed by atoms with Crippen LogP contribution < -0.4 is 5.32 Å². The summed E-state index contributed by atoms with van der Waals surface area (Å²) in [5.74, 6) is -0.745. The highest BCUT2D eigenvalue weighted by Gasteiger charge is 2.15. The number of aromatic amines is 2. The summed E-state index contributed by atoms with van der Waals surface area (Å²) >= 11 is 5.00. The summed E-state index contributed by atoms with van der Waals surface area (Å²) in [7, 11) is 0. The fourth-order valence-corrected chi connectivity index (χ4v) is 2.57. The summed E-state index contributed by atoms with van der Waals surface area (Å²) in [5, 5.41) is 2.91. The lowest BCUT2D eigenvalue weighted by Crippen LogP contribution is -2.32. The van der Waals surface area contributed by atoms with Gasteiger partial charge in [0.05, 0.1) is 16.6 Å². The Hall–Kier alpha value is -1.69. The Bertz CT molecular complexity index is 692. The molecule has 21 heavy (non-hydrogen) atoms. The molecular formula is C15H20FN3OS. The van der Waals surface area contributed by atoms with Crippen LogP contribution in [0.2, 0.25) is 0 Å². The van der Waals surface area contributed by atoms with Gasteiger partial charge >= 0.3 is 0 Å². The van der Waals surface area contributed by atoms with Crippen LogP contribution in [-0.4, -0.2) is 21.9 Å². The number of nitrogens with one attached hydrogen (secondary N) is 3. The average Bonchev–Trinajstić information content (AvgIpc) is 2.77. The first-order valence-electron chi connectivity index (χ1n) is 7.23. The fourth-order valence-electron chi connectivity index (χ4n) is 2.36. The Kier molecular flexibility index (Phi) is 5.12. The second kappa shape index (κ2) is 6.85. The Morgan fingerprint density at radius 3 is 2.86 bits per heavy atom. The van der Waals surface area contributed by atoms with E-state index >= 15 is 0 Å². The van der Waals surface area contributed by atoms with Crippen molar-refractivity contribution in [1.82, 2.24) is 15.3 Å². The first-order chi connectivity index (χ1) is 10.0. The van der Waals surface area contributed by atoms with Gasteiger partial charge in [-0.3, -0.25) is 4.79 Å². The maximum atomic E-state index is 13.6. The van der Waals surface area contributed by atoms with E-state index in [1.54, 1.807) is 0 Å². The van der Waals surface area contributed by atoms with E-state index < -0.39 is 5.82 Å². The van der Waals surface area contributed by atoms with Crippen LogP contribution in [0, 0.1) is 10.6 Å². The van der Waals surface area contributed by atoms with Gasteiger partial charge in [-0.05, 0) is 37.7 Å². The highest BCUT2D eigenvalue weighted by Crippen LogP contribution is 2.18. The lowest BCUT2D eigenvalue weighted by molar-refractivity contribution is 0.0939. The predicted molar refractivity (Wildman–Crippen MR) is 84.5 cm³/mol. The standard InChI is InChI=1S/C15H20FN3OS/c1-3-4-5-6-9(2)17-14(20)11-7-10(16)8-12-13(11)19-15(21)18-12/h7-9H,3-6H2,1-2H3,(H,17,20)(H2,18,19,21). The third-order valence-corrected chi connectivity index (χ3v) is 3.66. The SMILES string of the molecule is CCCCCC(C)NC(=O)c1cc(F)cc2[nH]c(=S)[nH]c12. The van der Waals surface area contributed by atoms with E-state index in [1.165, 1.54) is 12.1 Å². The van der Waals surface area contributed by atoms with Crippen molar-refractivity contribution in [2.24, 2.45) is 0 Å². The van der Waals surface area contributed by atoms with Crippen molar-refractivity contribution in [3.8, 4) is 0 Å². The summed E-state index contributed by atoms with van der Waals surface area (Å²) < 4.78 is 14.0. The van der Waals surface area contributed by atoms with E-state index in [2.05, 4.69) is 22.2 Å². The van der Waals surface area contributed by atoms with E-state index in [1.807, 2.05) is 6.92 Å². The zero-order valence-corrected chi connectivity index (χ0v) is 13.1. The lowest BCUT2D eigenvalue weighted by atomic mass is 10.1. The summed E-state index contributed by atoms with van der Waals surface area (Å²) in [6.07, 6.45) is 4.28. The highest BCUT2D eigenvalue weighted by atomic mass is 32.1. The molecule has 1 amide bonds. The largest absolute Gasteiger partial charge is 0.350 e. The van der Waals surface area contributed by atoms with Crippen LogP contribution in [0.1, 0.15) is 49.9 Å². The van der Waals surface area contributed by atoms with E-state index in [-0.39, 0.29) is 17.5 Å². The van der Waals surface area contributed by atoms with Crippen LogP contribution in [0.3, 0.4) is 0 Å². The number of fused-ring (bicyclic) bond motifs is 1. The molecule has 0 aliphatic carbocycles. The first kappa shape index (κ1) is 15.7. The third-order valence-electron chi connectivity index (χ3n) is 3.45. The van der Waals surface area contributed by atoms with Crippen LogP contribution >= 0.6 is 12.2 Å². The number of amides is 1. The Morgan fingerprint density at radius 1 is 1.38 bits per heavy atom. The van der Waals surface area contributed by atoms with Crippen LogP contribution in [0.5, 0.6) is 0 Å². The molecule has 2 rings (SSSR count). The molecule has 114 valence electrons. The Morgan fingerprint density at radius 2 is 2.14 bits per heavy atom. The number of halogens is 1. The molecule has 0 bridgehead atoms. The second-order valence-electron chi connectivity index (χ2n) is 5.33. The lowest BCUT2D eigenvalue weighted by Gasteiger charge is -2.14. The molecule has 1 aromatic carbocycles. The molecule has 1 unspecified atom stereocenters. The number of unbranched alkanes of at least 4 members (excludes halogenated alkanes) is 2. The number of H-pyrrole nitrogens is 2. The minimum atomic E-state index is -0.462. The van der Waals surface area contributed by atoms with Crippen molar-refractivity contribution in [1.29, 1.82) is 0 Å². The van der Waals surface area contributed by atoms with Crippen molar-refractivity contribution in [2.75, 3.05) is 0 Å². The molecule has 1 atom stereocenters. The van der Waals surface area contributed by atoms with Crippen molar-refractivity contribution in [3.05, 3.63) is 28.3 Å². The Labute approximate surface area is 128 Å². The number of benzene rings is 1. The van der Waals surface area contributed by atoms with Crippen molar-refractivity contribution in [3.63, 3.8) is 0 Å². The number of rotatable bonds is 6. The van der Waals surface area contributed by atoms with E-state index in [9.17, 15) is 9.18 Å². The van der Waals surface area contributed by atoms with Gasteiger partial charge in [0, 0.05) is 6.04 Å². The van der Waals surface area contributed by atoms with Crippen molar-refractivity contribution >= 4 is 29.2 Å². The maximum absolute atomic E-state index is 13.6. The first-order valence-corrected chi connectivity index (χ1v) is 7.64. The fraction of sp³-hybridized carbons (Fsp3) is 0.467. The van der Waals surface area contributed by atoms with Gasteiger partial charge in [0.25, 0.3) is 5.91 Å². The van der Waals surface area contributed by atoms with Crippen molar-refractivity contribution < 1.29 is 9.18 Å². The van der Waals surface area contributed by atoms with Gasteiger partial charge in [0.1, 0.15) is 5.82 Å². The highest BCUT2D eigenvalue weighted by molar-refractivity contribution is 7.71. The zero-order valence-electron chi connectivity index (χ0n) is 12.3. The second-order valence-corrected chi connectivity index (χ2v) is 5.73. The van der Waals surface area contributed by atoms with Gasteiger partial charge in [-0.25, -0.2) is 4.39 Å². The molecule has 0 aliphatic rings. The van der Waals surface area contributed by atoms with Crippen LogP contribution in [0.4, 0.5) is 4.39 Å². The molecule has 0 spiro atoms. The molecular weight excluding hydrogens is 289 g/mol. The molecule has 0 fully saturated rings. The van der Waals surface area contributed by atoms with Crippen LogP contribution in [-0.2, 0) is 0 Å². The molecule has 2 aromatic rings. The molecule has 3 N–H and O–H groups in total. The quantitative estimate of drug-likeness (QED) is 0.556. The molecule has 1 aromatic heterocycles. The predicted octanol–water partition coefficient (Wildman–Crippen LogP) is 4.06. The monoisotopic (exact) mass is 309 g/mol. The molecule has 4 nitrogen and oxygen atoms in total. The van der Waals surface area contributed by atoms with Crippen LogP contribution in [0.15, 0.2) is 12.1 Å². The maximum Gasteiger partial charge on any atom is 0.253 e. The van der Waals surface area contributed by atoms with Gasteiger partial charge in [-0.1, -0.05) is 26.2 Å². The normalized spacial score (nSPS) is 12.5. The topological polar surface area (TPSA) is 60.7 Å². The number of aromatic nitrogens is 2. The van der Waals surface area contributed by atoms with Crippen LogP contribution in [0.25, 0.3) is 11.0 Å². The van der Waals surface area contributed by atoms with Crippen molar-refractivity contribution in [2.45, 2.75) is 45.6 Å². The molecule has 0 saturated heterocycles. The Balaban J connectivity index is 2.17. The van der Waals surface area contributed by atoms with Gasteiger partial charge in [0.15, 0.2) is 4.77 Å². The molecule has 6 heteroatoms. The average molecular weight is 309 g/mol. The number of hydrogen-bond acceptors (Lipinski definition) is 2. The van der Waals surface area contributed by atoms with E-state index in [0.717, 1.165) is 25.7 Å².